The first kappa shape index (κ1) is 18.3. The summed E-state index contributed by atoms with van der Waals surface area (Å²) in [6.45, 7) is 7.03. The Balaban J connectivity index is 1.42. The second-order valence-electron chi connectivity index (χ2n) is 7.74. The van der Waals surface area contributed by atoms with Gasteiger partial charge in [-0.1, -0.05) is 13.0 Å². The van der Waals surface area contributed by atoms with Crippen molar-refractivity contribution in [3.8, 4) is 0 Å². The van der Waals surface area contributed by atoms with Gasteiger partial charge in [-0.2, -0.15) is 13.1 Å². The maximum Gasteiger partial charge on any atom is 0.245 e. The van der Waals surface area contributed by atoms with E-state index in [1.54, 1.807) is 16.4 Å². The van der Waals surface area contributed by atoms with Crippen LogP contribution >= 0.6 is 11.7 Å². The first-order chi connectivity index (χ1) is 12.5. The first-order valence-corrected chi connectivity index (χ1v) is 11.6. The minimum absolute atomic E-state index is 0.298. The SMILES string of the molecule is C[C@H]1CCCN(CC2CCN(S(=O)(=O)c3cccc4nsnc34)CC2)C1. The lowest BCUT2D eigenvalue weighted by atomic mass is 9.94. The normalized spacial score (nSPS) is 24.3. The summed E-state index contributed by atoms with van der Waals surface area (Å²) in [5.74, 6) is 1.39. The molecular weight excluding hydrogens is 368 g/mol. The second-order valence-corrected chi connectivity index (χ2v) is 10.2. The Labute approximate surface area is 159 Å². The van der Waals surface area contributed by atoms with Crippen molar-refractivity contribution in [2.45, 2.75) is 37.5 Å². The second kappa shape index (κ2) is 7.50. The fraction of sp³-hybridized carbons (Fsp3) is 0.667. The van der Waals surface area contributed by atoms with Gasteiger partial charge in [-0.25, -0.2) is 8.42 Å². The number of aromatic nitrogens is 2. The van der Waals surface area contributed by atoms with E-state index in [-0.39, 0.29) is 0 Å². The molecule has 4 rings (SSSR count). The number of piperidine rings is 2. The fourth-order valence-corrected chi connectivity index (χ4v) is 6.50. The molecule has 2 saturated heterocycles. The van der Waals surface area contributed by atoms with Gasteiger partial charge >= 0.3 is 0 Å². The maximum atomic E-state index is 13.1. The van der Waals surface area contributed by atoms with Crippen molar-refractivity contribution in [1.29, 1.82) is 0 Å². The van der Waals surface area contributed by atoms with Crippen LogP contribution in [-0.2, 0) is 10.0 Å². The molecule has 2 aromatic rings. The van der Waals surface area contributed by atoms with Gasteiger partial charge in [0.25, 0.3) is 0 Å². The zero-order valence-corrected chi connectivity index (χ0v) is 16.8. The number of fused-ring (bicyclic) bond motifs is 1. The topological polar surface area (TPSA) is 66.4 Å². The molecule has 2 aliphatic heterocycles. The largest absolute Gasteiger partial charge is 0.303 e. The van der Waals surface area contributed by atoms with E-state index in [4.69, 9.17) is 0 Å². The highest BCUT2D eigenvalue weighted by Crippen LogP contribution is 2.29. The molecule has 0 N–H and O–H groups in total. The van der Waals surface area contributed by atoms with Crippen LogP contribution in [0.5, 0.6) is 0 Å². The van der Waals surface area contributed by atoms with E-state index in [1.807, 2.05) is 6.07 Å². The van der Waals surface area contributed by atoms with E-state index in [0.717, 1.165) is 37.0 Å². The zero-order valence-electron chi connectivity index (χ0n) is 15.2. The van der Waals surface area contributed by atoms with Gasteiger partial charge in [-0.05, 0) is 56.2 Å². The van der Waals surface area contributed by atoms with Crippen LogP contribution in [-0.4, -0.2) is 59.1 Å². The molecule has 8 heteroatoms. The Morgan fingerprint density at radius 1 is 1.15 bits per heavy atom. The summed E-state index contributed by atoms with van der Waals surface area (Å²) >= 11 is 1.06. The van der Waals surface area contributed by atoms with Crippen molar-refractivity contribution >= 4 is 32.8 Å². The van der Waals surface area contributed by atoms with Crippen LogP contribution in [0.15, 0.2) is 23.1 Å². The summed E-state index contributed by atoms with van der Waals surface area (Å²) in [7, 11) is -3.50. The molecule has 142 valence electrons. The summed E-state index contributed by atoms with van der Waals surface area (Å²) < 4.78 is 36.2. The standard InChI is InChI=1S/C18H26N4O2S2/c1-14-4-3-9-21(12-14)13-15-7-10-22(11-8-15)26(23,24)17-6-2-5-16-18(17)20-25-19-16/h2,5-6,14-15H,3-4,7-13H2,1H3/t14-/m0/s1. The number of likely N-dealkylation sites (tertiary alicyclic amines) is 1. The van der Waals surface area contributed by atoms with Crippen molar-refractivity contribution in [3.05, 3.63) is 18.2 Å². The van der Waals surface area contributed by atoms with E-state index in [2.05, 4.69) is 20.6 Å². The molecule has 1 aromatic heterocycles. The smallest absolute Gasteiger partial charge is 0.245 e. The van der Waals surface area contributed by atoms with Crippen molar-refractivity contribution in [2.75, 3.05) is 32.7 Å². The Hall–Kier alpha value is -1.09. The third kappa shape index (κ3) is 3.65. The predicted octanol–water partition coefficient (Wildman–Crippen LogP) is 2.82. The average molecular weight is 395 g/mol. The van der Waals surface area contributed by atoms with Gasteiger partial charge in [-0.15, -0.1) is 0 Å². The molecule has 0 aliphatic carbocycles. The maximum absolute atomic E-state index is 13.1. The number of benzene rings is 1. The van der Waals surface area contributed by atoms with E-state index < -0.39 is 10.0 Å². The van der Waals surface area contributed by atoms with Gasteiger partial charge < -0.3 is 4.90 Å². The van der Waals surface area contributed by atoms with Crippen molar-refractivity contribution in [3.63, 3.8) is 0 Å². The summed E-state index contributed by atoms with van der Waals surface area (Å²) in [4.78, 5) is 2.87. The minimum Gasteiger partial charge on any atom is -0.303 e. The van der Waals surface area contributed by atoms with Crippen LogP contribution in [0.2, 0.25) is 0 Å². The lowest BCUT2D eigenvalue weighted by molar-refractivity contribution is 0.136. The Kier molecular flexibility index (Phi) is 5.27. The van der Waals surface area contributed by atoms with Crippen LogP contribution in [0.25, 0.3) is 11.0 Å². The van der Waals surface area contributed by atoms with Crippen LogP contribution in [0.3, 0.4) is 0 Å². The van der Waals surface area contributed by atoms with Crippen LogP contribution in [0.4, 0.5) is 0 Å². The first-order valence-electron chi connectivity index (χ1n) is 9.48. The Morgan fingerprint density at radius 3 is 2.73 bits per heavy atom. The van der Waals surface area contributed by atoms with Gasteiger partial charge in [0.2, 0.25) is 10.0 Å². The van der Waals surface area contributed by atoms with Gasteiger partial charge in [-0.3, -0.25) is 0 Å². The molecule has 0 saturated carbocycles. The molecule has 0 bridgehead atoms. The van der Waals surface area contributed by atoms with Gasteiger partial charge in [0.05, 0.1) is 11.7 Å². The number of hydrogen-bond donors (Lipinski definition) is 0. The average Bonchev–Trinajstić information content (AvgIpc) is 3.11. The molecule has 0 spiro atoms. The quantitative estimate of drug-likeness (QED) is 0.798. The van der Waals surface area contributed by atoms with E-state index >= 15 is 0 Å². The monoisotopic (exact) mass is 394 g/mol. The molecule has 6 nitrogen and oxygen atoms in total. The number of sulfonamides is 1. The van der Waals surface area contributed by atoms with Crippen LogP contribution < -0.4 is 0 Å². The van der Waals surface area contributed by atoms with Crippen LogP contribution in [0.1, 0.15) is 32.6 Å². The van der Waals surface area contributed by atoms with Crippen molar-refractivity contribution in [2.24, 2.45) is 11.8 Å². The van der Waals surface area contributed by atoms with E-state index in [9.17, 15) is 8.42 Å². The van der Waals surface area contributed by atoms with Crippen molar-refractivity contribution < 1.29 is 8.42 Å². The minimum atomic E-state index is -3.50. The number of rotatable bonds is 4. The highest BCUT2D eigenvalue weighted by atomic mass is 32.2. The molecule has 2 aliphatic rings. The molecular formula is C18H26N4O2S2. The number of hydrogen-bond acceptors (Lipinski definition) is 6. The lowest BCUT2D eigenvalue weighted by Gasteiger charge is -2.37. The molecule has 0 amide bonds. The lowest BCUT2D eigenvalue weighted by Crippen LogP contribution is -2.43. The Bertz CT molecular complexity index is 859. The molecule has 1 aromatic carbocycles. The zero-order chi connectivity index (χ0) is 18.1. The molecule has 2 fully saturated rings. The van der Waals surface area contributed by atoms with Gasteiger partial charge in [0, 0.05) is 26.2 Å². The predicted molar refractivity (Wildman–Crippen MR) is 104 cm³/mol. The fourth-order valence-electron chi connectivity index (χ4n) is 4.28. The van der Waals surface area contributed by atoms with Crippen LogP contribution in [0, 0.1) is 11.8 Å². The summed E-state index contributed by atoms with van der Waals surface area (Å²) in [5.41, 5.74) is 1.16. The number of nitrogens with zero attached hydrogens (tertiary/aromatic N) is 4. The molecule has 26 heavy (non-hydrogen) atoms. The van der Waals surface area contributed by atoms with E-state index in [0.29, 0.717) is 34.9 Å². The van der Waals surface area contributed by atoms with Gasteiger partial charge in [0.1, 0.15) is 15.9 Å². The van der Waals surface area contributed by atoms with E-state index in [1.165, 1.54) is 25.9 Å². The third-order valence-electron chi connectivity index (χ3n) is 5.70. The summed E-state index contributed by atoms with van der Waals surface area (Å²) in [5, 5.41) is 0. The summed E-state index contributed by atoms with van der Waals surface area (Å²) in [6.07, 6.45) is 4.51. The molecule has 1 atom stereocenters. The molecule has 0 radical (unpaired) electrons. The summed E-state index contributed by atoms with van der Waals surface area (Å²) in [6, 6.07) is 5.21. The van der Waals surface area contributed by atoms with Gasteiger partial charge in [0.15, 0.2) is 0 Å². The highest BCUT2D eigenvalue weighted by molar-refractivity contribution is 7.89. The molecule has 3 heterocycles. The molecule has 0 unspecified atom stereocenters. The Morgan fingerprint density at radius 2 is 1.96 bits per heavy atom. The third-order valence-corrected chi connectivity index (χ3v) is 8.17. The highest BCUT2D eigenvalue weighted by Gasteiger charge is 2.32. The van der Waals surface area contributed by atoms with Crippen molar-refractivity contribution in [1.82, 2.24) is 18.0 Å².